The highest BCUT2D eigenvalue weighted by molar-refractivity contribution is 7.89. The highest BCUT2D eigenvalue weighted by Gasteiger charge is 2.24. The number of aryl methyl sites for hydroxylation is 5. The number of hydrogen-bond donors (Lipinski definition) is 1. The maximum atomic E-state index is 12.3. The molecule has 0 aliphatic carbocycles. The molecule has 1 aromatic carbocycles. The van der Waals surface area contributed by atoms with Crippen molar-refractivity contribution in [1.82, 2.24) is 9.88 Å². The molecular formula is C19H24N2O6S. The fraction of sp³-hybridized carbons (Fsp3) is 0.421. The zero-order chi connectivity index (χ0) is 21.1. The van der Waals surface area contributed by atoms with Crippen molar-refractivity contribution < 1.29 is 27.3 Å². The largest absolute Gasteiger partial charge is 0.457 e. The Kier molecular flexibility index (Phi) is 6.73. The Balaban J connectivity index is 1.87. The summed E-state index contributed by atoms with van der Waals surface area (Å²) in [6, 6.07) is 3.69. The number of nitrogens with one attached hydrogen (secondary N) is 1. The molecule has 0 aliphatic rings. The van der Waals surface area contributed by atoms with Crippen molar-refractivity contribution in [3.63, 3.8) is 0 Å². The Labute approximate surface area is 164 Å². The van der Waals surface area contributed by atoms with Gasteiger partial charge >= 0.3 is 5.97 Å². The SMILES string of the molecule is Cc1cc(C)c(C(=O)COC(=O)CCNS(=O)(=O)c2c(C)noc2C)cc1C. The Hall–Kier alpha value is -2.52. The van der Waals surface area contributed by atoms with Crippen LogP contribution in [0.15, 0.2) is 21.6 Å². The molecule has 0 amide bonds. The van der Waals surface area contributed by atoms with Gasteiger partial charge in [0.1, 0.15) is 10.6 Å². The molecule has 0 atom stereocenters. The van der Waals surface area contributed by atoms with Gasteiger partial charge in [-0.1, -0.05) is 11.2 Å². The van der Waals surface area contributed by atoms with Gasteiger partial charge in [0.05, 0.1) is 6.42 Å². The number of sulfonamides is 1. The van der Waals surface area contributed by atoms with Crippen molar-refractivity contribution in [2.45, 2.75) is 45.9 Å². The molecular weight excluding hydrogens is 384 g/mol. The average Bonchev–Trinajstić information content (AvgIpc) is 2.95. The van der Waals surface area contributed by atoms with Crippen LogP contribution in [-0.4, -0.2) is 38.5 Å². The number of hydrogen-bond acceptors (Lipinski definition) is 7. The number of esters is 1. The Morgan fingerprint density at radius 2 is 1.71 bits per heavy atom. The topological polar surface area (TPSA) is 116 Å². The number of aromatic nitrogens is 1. The standard InChI is InChI=1S/C19H24N2O6S/c1-11-8-13(3)16(9-12(11)2)17(22)10-26-18(23)6-7-20-28(24,25)19-14(4)21-27-15(19)5/h8-9,20H,6-7,10H2,1-5H3. The van der Waals surface area contributed by atoms with Crippen LogP contribution in [-0.2, 0) is 19.6 Å². The summed E-state index contributed by atoms with van der Waals surface area (Å²) in [5, 5.41) is 3.60. The lowest BCUT2D eigenvalue weighted by molar-refractivity contribution is -0.142. The summed E-state index contributed by atoms with van der Waals surface area (Å²) >= 11 is 0. The molecule has 28 heavy (non-hydrogen) atoms. The van der Waals surface area contributed by atoms with Crippen molar-refractivity contribution in [3.05, 3.63) is 45.8 Å². The van der Waals surface area contributed by atoms with E-state index in [1.165, 1.54) is 13.8 Å². The number of carbonyl (C=O) groups excluding carboxylic acids is 2. The second kappa shape index (κ2) is 8.66. The van der Waals surface area contributed by atoms with Gasteiger partial charge in [-0.15, -0.1) is 0 Å². The summed E-state index contributed by atoms with van der Waals surface area (Å²) in [6.45, 7) is 8.14. The van der Waals surface area contributed by atoms with Gasteiger partial charge < -0.3 is 9.26 Å². The highest BCUT2D eigenvalue weighted by Crippen LogP contribution is 2.18. The van der Waals surface area contributed by atoms with E-state index in [-0.39, 0.29) is 35.1 Å². The van der Waals surface area contributed by atoms with Crippen LogP contribution in [0, 0.1) is 34.6 Å². The Bertz CT molecular complexity index is 988. The minimum atomic E-state index is -3.84. The van der Waals surface area contributed by atoms with Gasteiger partial charge in [-0.05, 0) is 57.4 Å². The number of rotatable bonds is 8. The normalized spacial score (nSPS) is 11.5. The number of ketones is 1. The van der Waals surface area contributed by atoms with Gasteiger partial charge in [0.15, 0.2) is 12.4 Å². The van der Waals surface area contributed by atoms with Crippen molar-refractivity contribution in [2.24, 2.45) is 0 Å². The summed E-state index contributed by atoms with van der Waals surface area (Å²) < 4.78 is 36.6. The van der Waals surface area contributed by atoms with E-state index in [0.717, 1.165) is 16.7 Å². The lowest BCUT2D eigenvalue weighted by atomic mass is 9.98. The van der Waals surface area contributed by atoms with Crippen molar-refractivity contribution in [3.8, 4) is 0 Å². The number of nitrogens with zero attached hydrogens (tertiary/aromatic N) is 1. The van der Waals surface area contributed by atoms with E-state index in [4.69, 9.17) is 9.26 Å². The number of benzene rings is 1. The molecule has 2 rings (SSSR count). The first-order valence-corrected chi connectivity index (χ1v) is 10.2. The molecule has 0 unspecified atom stereocenters. The summed E-state index contributed by atoms with van der Waals surface area (Å²) in [5.74, 6) is -0.802. The molecule has 0 saturated carbocycles. The first-order chi connectivity index (χ1) is 13.0. The molecule has 8 nitrogen and oxygen atoms in total. The van der Waals surface area contributed by atoms with Crippen LogP contribution >= 0.6 is 0 Å². The molecule has 0 fully saturated rings. The number of carbonyl (C=O) groups is 2. The second-order valence-corrected chi connectivity index (χ2v) is 8.34. The zero-order valence-corrected chi connectivity index (χ0v) is 17.4. The van der Waals surface area contributed by atoms with E-state index in [2.05, 4.69) is 9.88 Å². The maximum Gasteiger partial charge on any atom is 0.307 e. The first kappa shape index (κ1) is 21.8. The molecule has 0 saturated heterocycles. The van der Waals surface area contributed by atoms with Gasteiger partial charge in [-0.2, -0.15) is 0 Å². The highest BCUT2D eigenvalue weighted by atomic mass is 32.2. The molecule has 0 aliphatic heterocycles. The molecule has 152 valence electrons. The van der Waals surface area contributed by atoms with Crippen LogP contribution in [0.3, 0.4) is 0 Å². The first-order valence-electron chi connectivity index (χ1n) is 8.72. The number of Topliss-reactive ketones (excluding diaryl/α,β-unsaturated/α-hetero) is 1. The van der Waals surface area contributed by atoms with Gasteiger partial charge in [0.2, 0.25) is 15.8 Å². The molecule has 2 aromatic rings. The van der Waals surface area contributed by atoms with Crippen LogP contribution in [0.25, 0.3) is 0 Å². The van der Waals surface area contributed by atoms with Crippen molar-refractivity contribution >= 4 is 21.8 Å². The second-order valence-electron chi connectivity index (χ2n) is 6.64. The molecule has 0 bridgehead atoms. The Morgan fingerprint density at radius 1 is 1.07 bits per heavy atom. The lowest BCUT2D eigenvalue weighted by Gasteiger charge is -2.10. The number of ether oxygens (including phenoxy) is 1. The zero-order valence-electron chi connectivity index (χ0n) is 16.6. The third-order valence-corrected chi connectivity index (χ3v) is 6.07. The predicted octanol–water partition coefficient (Wildman–Crippen LogP) is 2.31. The van der Waals surface area contributed by atoms with Crippen LogP contribution in [0.2, 0.25) is 0 Å². The lowest BCUT2D eigenvalue weighted by Crippen LogP contribution is -2.28. The molecule has 0 spiro atoms. The monoisotopic (exact) mass is 408 g/mol. The van der Waals surface area contributed by atoms with Crippen LogP contribution in [0.5, 0.6) is 0 Å². The van der Waals surface area contributed by atoms with Crippen LogP contribution < -0.4 is 4.72 Å². The molecule has 1 N–H and O–H groups in total. The van der Waals surface area contributed by atoms with E-state index in [1.807, 2.05) is 26.8 Å². The Morgan fingerprint density at radius 3 is 2.32 bits per heavy atom. The average molecular weight is 408 g/mol. The van der Waals surface area contributed by atoms with Gasteiger partial charge in [0, 0.05) is 12.1 Å². The smallest absolute Gasteiger partial charge is 0.307 e. The minimum absolute atomic E-state index is 0.0405. The fourth-order valence-electron chi connectivity index (χ4n) is 2.77. The predicted molar refractivity (Wildman–Crippen MR) is 102 cm³/mol. The molecule has 0 radical (unpaired) electrons. The van der Waals surface area contributed by atoms with Crippen molar-refractivity contribution in [1.29, 1.82) is 0 Å². The summed E-state index contributed by atoms with van der Waals surface area (Å²) in [6.07, 6.45) is -0.207. The minimum Gasteiger partial charge on any atom is -0.457 e. The van der Waals surface area contributed by atoms with E-state index in [1.54, 1.807) is 6.07 Å². The molecule has 1 aromatic heterocycles. The van der Waals surface area contributed by atoms with Crippen LogP contribution in [0.4, 0.5) is 0 Å². The van der Waals surface area contributed by atoms with E-state index in [0.29, 0.717) is 5.56 Å². The van der Waals surface area contributed by atoms with E-state index >= 15 is 0 Å². The third kappa shape index (κ3) is 5.05. The molecule has 9 heteroatoms. The fourth-order valence-corrected chi connectivity index (χ4v) is 4.13. The third-order valence-electron chi connectivity index (χ3n) is 4.36. The van der Waals surface area contributed by atoms with Gasteiger partial charge in [-0.3, -0.25) is 9.59 Å². The van der Waals surface area contributed by atoms with E-state index < -0.39 is 22.6 Å². The van der Waals surface area contributed by atoms with Gasteiger partial charge in [-0.25, -0.2) is 13.1 Å². The van der Waals surface area contributed by atoms with Gasteiger partial charge in [0.25, 0.3) is 0 Å². The summed E-state index contributed by atoms with van der Waals surface area (Å²) in [7, 11) is -3.84. The molecule has 1 heterocycles. The van der Waals surface area contributed by atoms with Crippen LogP contribution in [0.1, 0.15) is 44.9 Å². The summed E-state index contributed by atoms with van der Waals surface area (Å²) in [4.78, 5) is 24.1. The van der Waals surface area contributed by atoms with E-state index in [9.17, 15) is 18.0 Å². The quantitative estimate of drug-likeness (QED) is 0.526. The summed E-state index contributed by atoms with van der Waals surface area (Å²) in [5.41, 5.74) is 3.62. The van der Waals surface area contributed by atoms with Crippen molar-refractivity contribution in [2.75, 3.05) is 13.2 Å². The maximum absolute atomic E-state index is 12.3.